The van der Waals surface area contributed by atoms with Gasteiger partial charge in [0.25, 0.3) is 0 Å². The van der Waals surface area contributed by atoms with E-state index in [1.807, 2.05) is 0 Å². The van der Waals surface area contributed by atoms with Gasteiger partial charge in [-0.2, -0.15) is 0 Å². The van der Waals surface area contributed by atoms with Gasteiger partial charge in [0, 0.05) is 18.1 Å². The zero-order valence-electron chi connectivity index (χ0n) is 14.7. The van der Waals surface area contributed by atoms with Gasteiger partial charge in [0.15, 0.2) is 0 Å². The van der Waals surface area contributed by atoms with E-state index in [4.69, 9.17) is 0 Å². The molecule has 0 aromatic carbocycles. The van der Waals surface area contributed by atoms with Crippen molar-refractivity contribution in [1.82, 2.24) is 10.2 Å². The Morgan fingerprint density at radius 2 is 1.53 bits per heavy atom. The minimum absolute atomic E-state index is 0.223. The van der Waals surface area contributed by atoms with Crippen LogP contribution in [-0.2, 0) is 0 Å². The summed E-state index contributed by atoms with van der Waals surface area (Å²) in [5.41, 5.74) is 0.223. The average molecular weight is 271 g/mol. The van der Waals surface area contributed by atoms with E-state index in [2.05, 4.69) is 65.6 Å². The van der Waals surface area contributed by atoms with Crippen LogP contribution in [0.1, 0.15) is 68.2 Å². The molecule has 0 rings (SSSR count). The van der Waals surface area contributed by atoms with Crippen LogP contribution in [0, 0.1) is 11.8 Å². The van der Waals surface area contributed by atoms with E-state index in [1.54, 1.807) is 0 Å². The summed E-state index contributed by atoms with van der Waals surface area (Å²) in [6.07, 6.45) is 2.60. The van der Waals surface area contributed by atoms with Crippen molar-refractivity contribution in [3.05, 3.63) is 0 Å². The summed E-state index contributed by atoms with van der Waals surface area (Å²) >= 11 is 0. The molecule has 0 aliphatic carbocycles. The molecule has 0 amide bonds. The maximum Gasteiger partial charge on any atom is 0.0105 e. The molecule has 2 unspecified atom stereocenters. The van der Waals surface area contributed by atoms with Crippen LogP contribution >= 0.6 is 0 Å². The van der Waals surface area contributed by atoms with Gasteiger partial charge in [-0.1, -0.05) is 40.5 Å². The van der Waals surface area contributed by atoms with E-state index < -0.39 is 0 Å². The van der Waals surface area contributed by atoms with Crippen LogP contribution in [0.3, 0.4) is 0 Å². The van der Waals surface area contributed by atoms with Crippen LogP contribution in [0.4, 0.5) is 0 Å². The Morgan fingerprint density at radius 3 is 1.89 bits per heavy atom. The highest BCUT2D eigenvalue weighted by Crippen LogP contribution is 2.16. The first-order chi connectivity index (χ1) is 8.75. The van der Waals surface area contributed by atoms with E-state index in [1.165, 1.54) is 19.4 Å². The second-order valence-corrected chi connectivity index (χ2v) is 7.12. The Labute approximate surface area is 122 Å². The summed E-state index contributed by atoms with van der Waals surface area (Å²) < 4.78 is 0. The van der Waals surface area contributed by atoms with Crippen molar-refractivity contribution < 1.29 is 0 Å². The van der Waals surface area contributed by atoms with Crippen molar-refractivity contribution in [2.75, 3.05) is 19.6 Å². The van der Waals surface area contributed by atoms with Crippen LogP contribution in [0.5, 0.6) is 0 Å². The largest absolute Gasteiger partial charge is 0.312 e. The van der Waals surface area contributed by atoms with Crippen molar-refractivity contribution >= 4 is 0 Å². The zero-order chi connectivity index (χ0) is 15.1. The molecule has 0 aliphatic rings. The van der Waals surface area contributed by atoms with Crippen LogP contribution in [0.2, 0.25) is 0 Å². The molecule has 1 N–H and O–H groups in total. The fourth-order valence-corrected chi connectivity index (χ4v) is 2.46. The van der Waals surface area contributed by atoms with Gasteiger partial charge in [-0.15, -0.1) is 0 Å². The summed E-state index contributed by atoms with van der Waals surface area (Å²) in [6, 6.07) is 0.653. The summed E-state index contributed by atoms with van der Waals surface area (Å²) in [5.74, 6) is 1.54. The Morgan fingerprint density at radius 1 is 1.00 bits per heavy atom. The van der Waals surface area contributed by atoms with Crippen molar-refractivity contribution in [2.24, 2.45) is 11.8 Å². The van der Waals surface area contributed by atoms with Crippen molar-refractivity contribution in [3.8, 4) is 0 Å². The standard InChI is InChI=1S/C17H38N2/c1-9-16(10-2)13-19(11-3)15(5)14(4)12-18-17(6,7)8/h14-16,18H,9-13H2,1-8H3. The maximum absolute atomic E-state index is 3.64. The van der Waals surface area contributed by atoms with Crippen LogP contribution in [0.25, 0.3) is 0 Å². The average Bonchev–Trinajstić information content (AvgIpc) is 2.36. The Balaban J connectivity index is 4.35. The highest BCUT2D eigenvalue weighted by atomic mass is 15.2. The Bertz CT molecular complexity index is 216. The molecule has 0 aliphatic heterocycles. The molecule has 0 heterocycles. The van der Waals surface area contributed by atoms with Crippen LogP contribution in [-0.4, -0.2) is 36.1 Å². The van der Waals surface area contributed by atoms with Gasteiger partial charge in [0.05, 0.1) is 0 Å². The third kappa shape index (κ3) is 7.94. The normalized spacial score (nSPS) is 16.1. The Hall–Kier alpha value is -0.0800. The third-order valence-electron chi connectivity index (χ3n) is 4.41. The molecule has 2 nitrogen and oxygen atoms in total. The summed E-state index contributed by atoms with van der Waals surface area (Å²) in [5, 5.41) is 3.64. The molecular weight excluding hydrogens is 232 g/mol. The molecule has 0 aromatic rings. The molecule has 0 saturated heterocycles. The first kappa shape index (κ1) is 18.9. The molecule has 0 bridgehead atoms. The molecule has 2 heteroatoms. The lowest BCUT2D eigenvalue weighted by atomic mass is 9.97. The Kier molecular flexibility index (Phi) is 8.93. The predicted octanol–water partition coefficient (Wildman–Crippen LogP) is 4.16. The van der Waals surface area contributed by atoms with Crippen molar-refractivity contribution in [2.45, 2.75) is 79.8 Å². The predicted molar refractivity (Wildman–Crippen MR) is 87.7 cm³/mol. The maximum atomic E-state index is 3.64. The summed E-state index contributed by atoms with van der Waals surface area (Å²) in [7, 11) is 0. The molecule has 0 saturated carbocycles. The first-order valence-corrected chi connectivity index (χ1v) is 8.24. The molecule has 0 radical (unpaired) electrons. The van der Waals surface area contributed by atoms with Gasteiger partial charge >= 0.3 is 0 Å². The highest BCUT2D eigenvalue weighted by Gasteiger charge is 2.22. The molecule has 2 atom stereocenters. The minimum atomic E-state index is 0.223. The van der Waals surface area contributed by atoms with E-state index in [0.29, 0.717) is 12.0 Å². The van der Waals surface area contributed by atoms with Gasteiger partial charge in [0.1, 0.15) is 0 Å². The smallest absolute Gasteiger partial charge is 0.0105 e. The van der Waals surface area contributed by atoms with Gasteiger partial charge in [-0.05, 0) is 52.6 Å². The minimum Gasteiger partial charge on any atom is -0.312 e. The lowest BCUT2D eigenvalue weighted by molar-refractivity contribution is 0.136. The molecular formula is C17H38N2. The van der Waals surface area contributed by atoms with Crippen LogP contribution < -0.4 is 5.32 Å². The van der Waals surface area contributed by atoms with Crippen molar-refractivity contribution in [3.63, 3.8) is 0 Å². The van der Waals surface area contributed by atoms with Crippen molar-refractivity contribution in [1.29, 1.82) is 0 Å². The lowest BCUT2D eigenvalue weighted by Crippen LogP contribution is -2.46. The second kappa shape index (κ2) is 8.97. The van der Waals surface area contributed by atoms with E-state index in [0.717, 1.165) is 19.0 Å². The summed E-state index contributed by atoms with van der Waals surface area (Å²) in [4.78, 5) is 2.66. The highest BCUT2D eigenvalue weighted by molar-refractivity contribution is 4.79. The molecule has 0 aromatic heterocycles. The summed E-state index contributed by atoms with van der Waals surface area (Å²) in [6.45, 7) is 21.9. The fraction of sp³-hybridized carbons (Fsp3) is 1.00. The van der Waals surface area contributed by atoms with Gasteiger partial charge in [-0.3, -0.25) is 0 Å². The molecule has 0 fully saturated rings. The number of hydrogen-bond acceptors (Lipinski definition) is 2. The van der Waals surface area contributed by atoms with Gasteiger partial charge < -0.3 is 10.2 Å². The quantitative estimate of drug-likeness (QED) is 0.677. The molecule has 0 spiro atoms. The number of hydrogen-bond donors (Lipinski definition) is 1. The first-order valence-electron chi connectivity index (χ1n) is 8.24. The molecule has 116 valence electrons. The SMILES string of the molecule is CCC(CC)CN(CC)C(C)C(C)CNC(C)(C)C. The van der Waals surface area contributed by atoms with Gasteiger partial charge in [-0.25, -0.2) is 0 Å². The van der Waals surface area contributed by atoms with E-state index in [-0.39, 0.29) is 5.54 Å². The number of rotatable bonds is 9. The topological polar surface area (TPSA) is 15.3 Å². The molecule has 19 heavy (non-hydrogen) atoms. The van der Waals surface area contributed by atoms with Gasteiger partial charge in [0.2, 0.25) is 0 Å². The van der Waals surface area contributed by atoms with E-state index >= 15 is 0 Å². The van der Waals surface area contributed by atoms with Crippen LogP contribution in [0.15, 0.2) is 0 Å². The van der Waals surface area contributed by atoms with E-state index in [9.17, 15) is 0 Å². The fourth-order valence-electron chi connectivity index (χ4n) is 2.46. The zero-order valence-corrected chi connectivity index (χ0v) is 14.7. The monoisotopic (exact) mass is 270 g/mol. The number of nitrogens with zero attached hydrogens (tertiary/aromatic N) is 1. The second-order valence-electron chi connectivity index (χ2n) is 7.12. The number of nitrogens with one attached hydrogen (secondary N) is 1. The third-order valence-corrected chi connectivity index (χ3v) is 4.41. The lowest BCUT2D eigenvalue weighted by Gasteiger charge is -2.36.